The second-order valence-electron chi connectivity index (χ2n) is 6.59. The topological polar surface area (TPSA) is 45.2 Å². The summed E-state index contributed by atoms with van der Waals surface area (Å²) >= 11 is 0. The van der Waals surface area contributed by atoms with Gasteiger partial charge in [0.1, 0.15) is 12.7 Å². The third-order valence-corrected chi connectivity index (χ3v) is 4.68. The van der Waals surface area contributed by atoms with Crippen molar-refractivity contribution in [2.75, 3.05) is 46.4 Å². The molecule has 2 saturated heterocycles. The van der Waals surface area contributed by atoms with Crippen molar-refractivity contribution in [3.63, 3.8) is 0 Å². The summed E-state index contributed by atoms with van der Waals surface area (Å²) in [5.74, 6) is 1.46. The minimum Gasteiger partial charge on any atom is -0.493 e. The van der Waals surface area contributed by atoms with Gasteiger partial charge in [0.15, 0.2) is 11.5 Å². The van der Waals surface area contributed by atoms with Gasteiger partial charge in [0.25, 0.3) is 0 Å². The van der Waals surface area contributed by atoms with Crippen LogP contribution in [0.1, 0.15) is 24.8 Å². The van der Waals surface area contributed by atoms with Crippen molar-refractivity contribution < 1.29 is 14.6 Å². The molecule has 0 aliphatic carbocycles. The Morgan fingerprint density at radius 2 is 1.78 bits per heavy atom. The number of hydrogen-bond acceptors (Lipinski definition) is 5. The molecule has 2 aliphatic heterocycles. The van der Waals surface area contributed by atoms with Gasteiger partial charge in [-0.3, -0.25) is 4.90 Å². The number of ether oxygens (including phenoxy) is 2. The van der Waals surface area contributed by atoms with Crippen LogP contribution in [0.3, 0.4) is 0 Å². The highest BCUT2D eigenvalue weighted by molar-refractivity contribution is 5.43. The van der Waals surface area contributed by atoms with E-state index >= 15 is 0 Å². The maximum atomic E-state index is 10.1. The lowest BCUT2D eigenvalue weighted by Crippen LogP contribution is -2.36. The smallest absolute Gasteiger partial charge is 0.161 e. The minimum atomic E-state index is -0.460. The van der Waals surface area contributed by atoms with Crippen molar-refractivity contribution in [2.45, 2.75) is 31.9 Å². The molecule has 0 amide bonds. The molecule has 0 spiro atoms. The first-order valence-electron chi connectivity index (χ1n) is 8.67. The second-order valence-corrected chi connectivity index (χ2v) is 6.59. The Hall–Kier alpha value is -1.30. The largest absolute Gasteiger partial charge is 0.493 e. The lowest BCUT2D eigenvalue weighted by molar-refractivity contribution is 0.0747. The number of hydrogen-bond donors (Lipinski definition) is 1. The molecule has 0 saturated carbocycles. The van der Waals surface area contributed by atoms with E-state index in [1.165, 1.54) is 37.9 Å². The molecule has 23 heavy (non-hydrogen) atoms. The zero-order valence-corrected chi connectivity index (χ0v) is 14.0. The number of aliphatic hydroxyl groups is 1. The highest BCUT2D eigenvalue weighted by atomic mass is 16.5. The summed E-state index contributed by atoms with van der Waals surface area (Å²) in [6.45, 7) is 6.51. The van der Waals surface area contributed by atoms with Gasteiger partial charge in [-0.2, -0.15) is 0 Å². The summed E-state index contributed by atoms with van der Waals surface area (Å²) in [6, 6.07) is 6.08. The number of β-amino-alcohol motifs (C(OH)–C–C–N with tert-alkyl or cyclic N) is 1. The summed E-state index contributed by atoms with van der Waals surface area (Å²) in [6.07, 6.45) is 3.31. The van der Waals surface area contributed by atoms with Crippen LogP contribution in [0, 0.1) is 0 Å². The first kappa shape index (κ1) is 16.6. The molecule has 0 aromatic heterocycles. The molecule has 0 radical (unpaired) electrons. The normalized spacial score (nSPS) is 20.3. The van der Waals surface area contributed by atoms with Crippen LogP contribution in [0.25, 0.3) is 0 Å². The maximum Gasteiger partial charge on any atom is 0.161 e. The number of methoxy groups -OCH3 is 1. The first-order valence-corrected chi connectivity index (χ1v) is 8.67. The molecule has 0 bridgehead atoms. The van der Waals surface area contributed by atoms with Crippen molar-refractivity contribution in [1.82, 2.24) is 9.80 Å². The fourth-order valence-electron chi connectivity index (χ4n) is 3.23. The fourth-order valence-corrected chi connectivity index (χ4v) is 3.23. The monoisotopic (exact) mass is 320 g/mol. The molecular formula is C18H28N2O3. The van der Waals surface area contributed by atoms with Crippen molar-refractivity contribution in [3.05, 3.63) is 23.8 Å². The van der Waals surface area contributed by atoms with Crippen LogP contribution in [-0.4, -0.2) is 67.5 Å². The molecule has 5 heteroatoms. The Bertz CT molecular complexity index is 499. The molecule has 128 valence electrons. The zero-order valence-electron chi connectivity index (χ0n) is 14.0. The van der Waals surface area contributed by atoms with E-state index < -0.39 is 6.10 Å². The highest BCUT2D eigenvalue weighted by Gasteiger charge is 2.18. The van der Waals surface area contributed by atoms with Crippen molar-refractivity contribution in [3.8, 4) is 11.5 Å². The summed E-state index contributed by atoms with van der Waals surface area (Å²) in [5.41, 5.74) is 1.24. The molecule has 2 heterocycles. The number of aliphatic hydroxyl groups excluding tert-OH is 1. The Balaban J connectivity index is 1.51. The predicted molar refractivity (Wildman–Crippen MR) is 90.1 cm³/mol. The Labute approximate surface area is 138 Å². The molecular weight excluding hydrogens is 292 g/mol. The number of nitrogens with zero attached hydrogens (tertiary/aromatic N) is 2. The lowest BCUT2D eigenvalue weighted by Gasteiger charge is -2.30. The van der Waals surface area contributed by atoms with Crippen LogP contribution in [0.15, 0.2) is 18.2 Å². The zero-order chi connectivity index (χ0) is 16.1. The van der Waals surface area contributed by atoms with E-state index in [-0.39, 0.29) is 0 Å². The van der Waals surface area contributed by atoms with E-state index in [0.29, 0.717) is 18.9 Å². The van der Waals surface area contributed by atoms with E-state index in [2.05, 4.69) is 15.9 Å². The van der Waals surface area contributed by atoms with Gasteiger partial charge in [0.05, 0.1) is 7.11 Å². The lowest BCUT2D eigenvalue weighted by atomic mass is 10.1. The van der Waals surface area contributed by atoms with E-state index in [1.54, 1.807) is 7.11 Å². The standard InChI is InChI=1S/C18H28N2O3/c1-22-18-11-15(12-19-9-4-10-19)5-6-17(18)23-14-16(21)13-20-7-2-3-8-20/h5-6,11,16,21H,2-4,7-10,12-14H2,1H3/t16-/m1/s1. The van der Waals surface area contributed by atoms with Gasteiger partial charge in [-0.1, -0.05) is 6.07 Å². The average Bonchev–Trinajstić information content (AvgIpc) is 3.02. The Morgan fingerprint density at radius 1 is 1.04 bits per heavy atom. The highest BCUT2D eigenvalue weighted by Crippen LogP contribution is 2.29. The van der Waals surface area contributed by atoms with Crippen molar-refractivity contribution in [1.29, 1.82) is 0 Å². The van der Waals surface area contributed by atoms with Crippen LogP contribution >= 0.6 is 0 Å². The maximum absolute atomic E-state index is 10.1. The molecule has 1 atom stereocenters. The van der Waals surface area contributed by atoms with Gasteiger partial charge in [0.2, 0.25) is 0 Å². The van der Waals surface area contributed by atoms with Gasteiger partial charge < -0.3 is 19.5 Å². The van der Waals surface area contributed by atoms with Crippen LogP contribution in [0.2, 0.25) is 0 Å². The van der Waals surface area contributed by atoms with E-state index in [4.69, 9.17) is 9.47 Å². The van der Waals surface area contributed by atoms with Crippen LogP contribution in [0.5, 0.6) is 11.5 Å². The summed E-state index contributed by atoms with van der Waals surface area (Å²) < 4.78 is 11.2. The van der Waals surface area contributed by atoms with E-state index in [9.17, 15) is 5.11 Å². The molecule has 2 aliphatic rings. The van der Waals surface area contributed by atoms with Crippen LogP contribution in [0.4, 0.5) is 0 Å². The van der Waals surface area contributed by atoms with Crippen molar-refractivity contribution >= 4 is 0 Å². The predicted octanol–water partition coefficient (Wildman–Crippen LogP) is 1.74. The van der Waals surface area contributed by atoms with Gasteiger partial charge in [-0.15, -0.1) is 0 Å². The summed E-state index contributed by atoms with van der Waals surface area (Å²) in [4.78, 5) is 4.70. The van der Waals surface area contributed by atoms with Gasteiger partial charge in [-0.05, 0) is 63.1 Å². The van der Waals surface area contributed by atoms with Crippen LogP contribution in [-0.2, 0) is 6.54 Å². The van der Waals surface area contributed by atoms with E-state index in [0.717, 1.165) is 25.4 Å². The molecule has 2 fully saturated rings. The summed E-state index contributed by atoms with van der Waals surface area (Å²) in [5, 5.41) is 10.1. The first-order chi connectivity index (χ1) is 11.2. The molecule has 0 unspecified atom stereocenters. The number of rotatable bonds is 8. The molecule has 1 N–H and O–H groups in total. The van der Waals surface area contributed by atoms with Gasteiger partial charge in [-0.25, -0.2) is 0 Å². The van der Waals surface area contributed by atoms with Crippen LogP contribution < -0.4 is 9.47 Å². The SMILES string of the molecule is COc1cc(CN2CCC2)ccc1OC[C@H](O)CN1CCCC1. The number of benzene rings is 1. The number of likely N-dealkylation sites (tertiary alicyclic amines) is 2. The average molecular weight is 320 g/mol. The molecule has 3 rings (SSSR count). The second kappa shape index (κ2) is 7.99. The van der Waals surface area contributed by atoms with E-state index in [1.807, 2.05) is 12.1 Å². The molecule has 1 aromatic carbocycles. The Kier molecular flexibility index (Phi) is 5.75. The van der Waals surface area contributed by atoms with Crippen molar-refractivity contribution in [2.24, 2.45) is 0 Å². The minimum absolute atomic E-state index is 0.304. The fraction of sp³-hybridized carbons (Fsp3) is 0.667. The third kappa shape index (κ3) is 4.59. The molecule has 1 aromatic rings. The summed E-state index contributed by atoms with van der Waals surface area (Å²) in [7, 11) is 1.66. The quantitative estimate of drug-likeness (QED) is 0.790. The Morgan fingerprint density at radius 3 is 2.43 bits per heavy atom. The van der Waals surface area contributed by atoms with Gasteiger partial charge >= 0.3 is 0 Å². The molecule has 5 nitrogen and oxygen atoms in total. The van der Waals surface area contributed by atoms with Gasteiger partial charge in [0, 0.05) is 13.1 Å². The third-order valence-electron chi connectivity index (χ3n) is 4.68.